The van der Waals surface area contributed by atoms with Crippen LogP contribution >= 0.6 is 23.1 Å². The predicted molar refractivity (Wildman–Crippen MR) is 73.3 cm³/mol. The van der Waals surface area contributed by atoms with Crippen LogP contribution in [0.15, 0.2) is 6.07 Å². The van der Waals surface area contributed by atoms with Crippen LogP contribution in [0.3, 0.4) is 0 Å². The van der Waals surface area contributed by atoms with Gasteiger partial charge in [-0.25, -0.2) is 0 Å². The first-order valence-corrected chi connectivity index (χ1v) is 7.75. The molecule has 0 aliphatic carbocycles. The van der Waals surface area contributed by atoms with Gasteiger partial charge in [-0.2, -0.15) is 11.8 Å². The Kier molecular flexibility index (Phi) is 4.29. The van der Waals surface area contributed by atoms with Crippen molar-refractivity contribution in [3.8, 4) is 0 Å². The lowest BCUT2D eigenvalue weighted by Crippen LogP contribution is -2.30. The number of carboxylic acids is 1. The standard InChI is InChI=1S/C12H15NO3S2/c1-7(12(15)16)5-13-11(14)10-4-8-6-17-3-2-9(8)18-10/h4,7H,2-3,5-6H2,1H3,(H,13,14)(H,15,16). The molecule has 0 aromatic carbocycles. The van der Waals surface area contributed by atoms with Crippen molar-refractivity contribution in [3.05, 3.63) is 21.4 Å². The van der Waals surface area contributed by atoms with E-state index < -0.39 is 11.9 Å². The molecule has 2 N–H and O–H groups in total. The van der Waals surface area contributed by atoms with Crippen LogP contribution in [-0.4, -0.2) is 29.3 Å². The van der Waals surface area contributed by atoms with E-state index in [4.69, 9.17) is 5.11 Å². The Morgan fingerprint density at radius 3 is 3.00 bits per heavy atom. The number of aliphatic carboxylic acids is 1. The third-order valence-corrected chi connectivity index (χ3v) is 5.09. The smallest absolute Gasteiger partial charge is 0.308 e. The van der Waals surface area contributed by atoms with Crippen molar-refractivity contribution in [2.24, 2.45) is 5.92 Å². The number of nitrogens with one attached hydrogen (secondary N) is 1. The molecule has 0 spiro atoms. The monoisotopic (exact) mass is 285 g/mol. The van der Waals surface area contributed by atoms with Gasteiger partial charge in [0.05, 0.1) is 10.8 Å². The van der Waals surface area contributed by atoms with Crippen LogP contribution < -0.4 is 5.32 Å². The summed E-state index contributed by atoms with van der Waals surface area (Å²) in [5, 5.41) is 11.4. The fourth-order valence-electron chi connectivity index (χ4n) is 1.68. The van der Waals surface area contributed by atoms with Crippen molar-refractivity contribution in [3.63, 3.8) is 0 Å². The third kappa shape index (κ3) is 3.05. The molecular weight excluding hydrogens is 270 g/mol. The van der Waals surface area contributed by atoms with Crippen LogP contribution in [0.5, 0.6) is 0 Å². The van der Waals surface area contributed by atoms with Gasteiger partial charge in [0.15, 0.2) is 0 Å². The van der Waals surface area contributed by atoms with E-state index in [-0.39, 0.29) is 12.5 Å². The molecule has 0 radical (unpaired) electrons. The number of amides is 1. The van der Waals surface area contributed by atoms with Crippen molar-refractivity contribution in [2.45, 2.75) is 19.1 Å². The van der Waals surface area contributed by atoms with Gasteiger partial charge in [0.2, 0.25) is 0 Å². The number of carbonyl (C=O) groups excluding carboxylic acids is 1. The Hall–Kier alpha value is -1.01. The quantitative estimate of drug-likeness (QED) is 0.888. The molecule has 1 unspecified atom stereocenters. The fraction of sp³-hybridized carbons (Fsp3) is 0.500. The molecule has 18 heavy (non-hydrogen) atoms. The molecule has 1 amide bonds. The minimum absolute atomic E-state index is 0.160. The molecule has 1 aliphatic heterocycles. The molecule has 0 fully saturated rings. The lowest BCUT2D eigenvalue weighted by Gasteiger charge is -2.08. The molecule has 1 atom stereocenters. The summed E-state index contributed by atoms with van der Waals surface area (Å²) in [7, 11) is 0. The fourth-order valence-corrected chi connectivity index (χ4v) is 3.97. The van der Waals surface area contributed by atoms with E-state index in [1.54, 1.807) is 6.92 Å². The number of carboxylic acid groups (broad SMARTS) is 1. The number of aryl methyl sites for hydroxylation is 1. The Morgan fingerprint density at radius 1 is 1.56 bits per heavy atom. The van der Waals surface area contributed by atoms with E-state index in [1.807, 2.05) is 17.8 Å². The summed E-state index contributed by atoms with van der Waals surface area (Å²) >= 11 is 3.41. The van der Waals surface area contributed by atoms with Crippen LogP contribution in [0.4, 0.5) is 0 Å². The van der Waals surface area contributed by atoms with Crippen molar-refractivity contribution in [2.75, 3.05) is 12.3 Å². The van der Waals surface area contributed by atoms with Gasteiger partial charge in [0.1, 0.15) is 0 Å². The Bertz CT molecular complexity index is 446. The van der Waals surface area contributed by atoms with Crippen molar-refractivity contribution < 1.29 is 14.7 Å². The first-order valence-electron chi connectivity index (χ1n) is 5.78. The highest BCUT2D eigenvalue weighted by molar-refractivity contribution is 7.98. The summed E-state index contributed by atoms with van der Waals surface area (Å²) in [4.78, 5) is 24.5. The first kappa shape index (κ1) is 13.4. The molecule has 98 valence electrons. The molecule has 0 bridgehead atoms. The highest BCUT2D eigenvalue weighted by atomic mass is 32.2. The number of hydrogen-bond donors (Lipinski definition) is 2. The zero-order chi connectivity index (χ0) is 13.1. The molecule has 6 heteroatoms. The van der Waals surface area contributed by atoms with Gasteiger partial charge >= 0.3 is 5.97 Å². The van der Waals surface area contributed by atoms with E-state index in [2.05, 4.69) is 5.32 Å². The SMILES string of the molecule is CC(CNC(=O)c1cc2c(s1)CCSC2)C(=O)O. The van der Waals surface area contributed by atoms with Crippen LogP contribution in [-0.2, 0) is 17.0 Å². The molecule has 0 saturated heterocycles. The molecule has 2 heterocycles. The minimum atomic E-state index is -0.892. The summed E-state index contributed by atoms with van der Waals surface area (Å²) < 4.78 is 0. The van der Waals surface area contributed by atoms with Crippen molar-refractivity contribution in [1.29, 1.82) is 0 Å². The van der Waals surface area contributed by atoms with Gasteiger partial charge in [-0.3, -0.25) is 9.59 Å². The number of hydrogen-bond acceptors (Lipinski definition) is 4. The second-order valence-electron chi connectivity index (χ2n) is 4.31. The molecular formula is C12H15NO3S2. The number of thioether (sulfide) groups is 1. The van der Waals surface area contributed by atoms with Crippen LogP contribution in [0.1, 0.15) is 27.0 Å². The maximum Gasteiger partial charge on any atom is 0.308 e. The van der Waals surface area contributed by atoms with Crippen molar-refractivity contribution >= 4 is 35.0 Å². The third-order valence-electron chi connectivity index (χ3n) is 2.84. The number of rotatable bonds is 4. The Balaban J connectivity index is 1.97. The number of fused-ring (bicyclic) bond motifs is 1. The lowest BCUT2D eigenvalue weighted by molar-refractivity contribution is -0.140. The molecule has 1 aliphatic rings. The average Bonchev–Trinajstić information content (AvgIpc) is 2.79. The van der Waals surface area contributed by atoms with Gasteiger partial charge in [-0.1, -0.05) is 6.92 Å². The normalized spacial score (nSPS) is 15.8. The maximum absolute atomic E-state index is 11.9. The van der Waals surface area contributed by atoms with Gasteiger partial charge in [-0.05, 0) is 23.8 Å². The van der Waals surface area contributed by atoms with Gasteiger partial charge in [0.25, 0.3) is 5.91 Å². The zero-order valence-corrected chi connectivity index (χ0v) is 11.7. The predicted octanol–water partition coefficient (Wildman–Crippen LogP) is 1.99. The second-order valence-corrected chi connectivity index (χ2v) is 6.55. The summed E-state index contributed by atoms with van der Waals surface area (Å²) in [6, 6.07) is 1.94. The topological polar surface area (TPSA) is 66.4 Å². The van der Waals surface area contributed by atoms with Gasteiger partial charge in [-0.15, -0.1) is 11.3 Å². The molecule has 4 nitrogen and oxygen atoms in total. The lowest BCUT2D eigenvalue weighted by atomic mass is 10.2. The minimum Gasteiger partial charge on any atom is -0.481 e. The van der Waals surface area contributed by atoms with Crippen molar-refractivity contribution in [1.82, 2.24) is 5.32 Å². The summed E-state index contributed by atoms with van der Waals surface area (Å²) in [5.41, 5.74) is 1.26. The second kappa shape index (κ2) is 5.75. The highest BCUT2D eigenvalue weighted by Gasteiger charge is 2.18. The van der Waals surface area contributed by atoms with E-state index in [0.29, 0.717) is 4.88 Å². The summed E-state index contributed by atoms with van der Waals surface area (Å²) in [6.07, 6.45) is 1.03. The Labute approximate surface area is 114 Å². The molecule has 1 aromatic rings. The summed E-state index contributed by atoms with van der Waals surface area (Å²) in [5.74, 6) is 0.485. The van der Waals surface area contributed by atoms with Crippen LogP contribution in [0, 0.1) is 5.92 Å². The largest absolute Gasteiger partial charge is 0.481 e. The highest BCUT2D eigenvalue weighted by Crippen LogP contribution is 2.31. The molecule has 0 saturated carbocycles. The van der Waals surface area contributed by atoms with E-state index in [1.165, 1.54) is 21.8 Å². The molecule has 2 rings (SSSR count). The Morgan fingerprint density at radius 2 is 2.33 bits per heavy atom. The van der Waals surface area contributed by atoms with Crippen LogP contribution in [0.2, 0.25) is 0 Å². The average molecular weight is 285 g/mol. The van der Waals surface area contributed by atoms with Crippen LogP contribution in [0.25, 0.3) is 0 Å². The zero-order valence-electron chi connectivity index (χ0n) is 10.1. The van der Waals surface area contributed by atoms with E-state index >= 15 is 0 Å². The number of thiophene rings is 1. The maximum atomic E-state index is 11.9. The van der Waals surface area contributed by atoms with Gasteiger partial charge in [0, 0.05) is 17.2 Å². The molecule has 1 aromatic heterocycles. The summed E-state index contributed by atoms with van der Waals surface area (Å²) in [6.45, 7) is 1.75. The van der Waals surface area contributed by atoms with Gasteiger partial charge < -0.3 is 10.4 Å². The van der Waals surface area contributed by atoms with E-state index in [0.717, 1.165) is 17.9 Å². The van der Waals surface area contributed by atoms with E-state index in [9.17, 15) is 9.59 Å². The first-order chi connectivity index (χ1) is 8.58. The number of carbonyl (C=O) groups is 2.